The quantitative estimate of drug-likeness (QED) is 0.749. The van der Waals surface area contributed by atoms with Gasteiger partial charge in [0.05, 0.1) is 29.5 Å². The lowest BCUT2D eigenvalue weighted by Crippen LogP contribution is -2.32. The largest absolute Gasteiger partial charge is 0.381 e. The Balaban J connectivity index is 0.00000192. The average molecular weight is 429 g/mol. The topological polar surface area (TPSA) is 52.4 Å². The Morgan fingerprint density at radius 1 is 1.21 bits per heavy atom. The first-order valence-corrected chi connectivity index (χ1v) is 9.88. The molecule has 2 atom stereocenters. The molecule has 0 aliphatic carbocycles. The minimum atomic E-state index is -0.361. The van der Waals surface area contributed by atoms with E-state index in [4.69, 9.17) is 21.1 Å². The summed E-state index contributed by atoms with van der Waals surface area (Å²) in [5, 5.41) is 9.10. The summed E-state index contributed by atoms with van der Waals surface area (Å²) in [7, 11) is 0. The Labute approximate surface area is 174 Å². The Kier molecular flexibility index (Phi) is 5.90. The van der Waals surface area contributed by atoms with Crippen LogP contribution in [0, 0.1) is 11.7 Å². The van der Waals surface area contributed by atoms with Crippen LogP contribution in [0.2, 0.25) is 5.02 Å². The number of likely N-dealkylation sites (tertiary alicyclic amines) is 1. The molecule has 0 amide bonds. The molecule has 0 bridgehead atoms. The van der Waals surface area contributed by atoms with Gasteiger partial charge in [0.25, 0.3) is 0 Å². The van der Waals surface area contributed by atoms with Gasteiger partial charge in [-0.1, -0.05) is 16.8 Å². The van der Waals surface area contributed by atoms with E-state index in [1.807, 2.05) is 4.68 Å². The van der Waals surface area contributed by atoms with Gasteiger partial charge in [0.1, 0.15) is 11.5 Å². The van der Waals surface area contributed by atoms with Crippen molar-refractivity contribution in [3.63, 3.8) is 0 Å². The van der Waals surface area contributed by atoms with Gasteiger partial charge in [-0.05, 0) is 37.0 Å². The average Bonchev–Trinajstić information content (AvgIpc) is 3.26. The molecule has 0 saturated carbocycles. The SMILES string of the molecule is Cl.Fc1ccc(-c2nnn3c2CO[C@@H]2CN(CC4CCOCC4)C[C@H]23)c(Cl)c1. The number of ether oxygens (including phenoxy) is 2. The van der Waals surface area contributed by atoms with Crippen molar-refractivity contribution in [3.05, 3.63) is 34.7 Å². The number of rotatable bonds is 3. The maximum Gasteiger partial charge on any atom is 0.124 e. The Morgan fingerprint density at radius 2 is 2.04 bits per heavy atom. The van der Waals surface area contributed by atoms with Crippen LogP contribution in [-0.4, -0.2) is 58.8 Å². The van der Waals surface area contributed by atoms with E-state index in [1.54, 1.807) is 6.07 Å². The summed E-state index contributed by atoms with van der Waals surface area (Å²) in [4.78, 5) is 2.48. The van der Waals surface area contributed by atoms with Crippen LogP contribution >= 0.6 is 24.0 Å². The number of aromatic nitrogens is 3. The second-order valence-electron chi connectivity index (χ2n) is 7.64. The number of halogens is 3. The van der Waals surface area contributed by atoms with Crippen LogP contribution in [0.5, 0.6) is 0 Å². The van der Waals surface area contributed by atoms with Crippen molar-refractivity contribution < 1.29 is 13.9 Å². The molecule has 2 saturated heterocycles. The van der Waals surface area contributed by atoms with E-state index in [9.17, 15) is 4.39 Å². The molecular weight excluding hydrogens is 406 g/mol. The summed E-state index contributed by atoms with van der Waals surface area (Å²) in [6.45, 7) is 5.11. The molecule has 5 rings (SSSR count). The van der Waals surface area contributed by atoms with Gasteiger partial charge in [0.15, 0.2) is 0 Å². The summed E-state index contributed by atoms with van der Waals surface area (Å²) < 4.78 is 27.0. The van der Waals surface area contributed by atoms with E-state index in [-0.39, 0.29) is 30.4 Å². The summed E-state index contributed by atoms with van der Waals surface area (Å²) in [5.74, 6) is 0.336. The maximum atomic E-state index is 13.4. The molecule has 0 unspecified atom stereocenters. The Bertz CT molecular complexity index is 843. The van der Waals surface area contributed by atoms with Crippen LogP contribution in [-0.2, 0) is 16.1 Å². The first-order chi connectivity index (χ1) is 13.2. The number of nitrogens with zero attached hydrogens (tertiary/aromatic N) is 4. The summed E-state index contributed by atoms with van der Waals surface area (Å²) in [5.41, 5.74) is 2.29. The highest BCUT2D eigenvalue weighted by Gasteiger charge is 2.41. The Hall–Kier alpha value is -1.25. The van der Waals surface area contributed by atoms with Gasteiger partial charge in [-0.3, -0.25) is 4.90 Å². The standard InChI is InChI=1S/C19H22ClFN4O2.ClH/c20-15-7-13(21)1-2-14(15)19-17-11-27-18-10-24(8-12-3-5-26-6-4-12)9-16(18)25(17)23-22-19;/h1-2,7,12,16,18H,3-6,8-11H2;1H/t16-,18-;/m1./s1. The predicted octanol–water partition coefficient (Wildman–Crippen LogP) is 3.34. The lowest BCUT2D eigenvalue weighted by atomic mass is 10.00. The van der Waals surface area contributed by atoms with Crippen LogP contribution in [0.15, 0.2) is 18.2 Å². The van der Waals surface area contributed by atoms with E-state index in [0.29, 0.717) is 28.8 Å². The molecular formula is C19H23Cl2FN4O2. The van der Waals surface area contributed by atoms with Crippen molar-refractivity contribution in [2.75, 3.05) is 32.8 Å². The number of benzene rings is 1. The second kappa shape index (κ2) is 8.24. The highest BCUT2D eigenvalue weighted by Crippen LogP contribution is 2.37. The minimum absolute atomic E-state index is 0. The third-order valence-corrected chi connectivity index (χ3v) is 6.21. The third kappa shape index (κ3) is 3.66. The van der Waals surface area contributed by atoms with E-state index < -0.39 is 0 Å². The molecule has 0 spiro atoms. The lowest BCUT2D eigenvalue weighted by Gasteiger charge is -2.26. The van der Waals surface area contributed by atoms with Crippen molar-refractivity contribution in [2.24, 2.45) is 5.92 Å². The van der Waals surface area contributed by atoms with Crippen molar-refractivity contribution in [1.29, 1.82) is 0 Å². The van der Waals surface area contributed by atoms with E-state index in [1.165, 1.54) is 12.1 Å². The fourth-order valence-electron chi connectivity index (χ4n) is 4.47. The first-order valence-electron chi connectivity index (χ1n) is 9.50. The summed E-state index contributed by atoms with van der Waals surface area (Å²) in [6.07, 6.45) is 2.40. The molecule has 0 N–H and O–H groups in total. The molecule has 28 heavy (non-hydrogen) atoms. The van der Waals surface area contributed by atoms with Gasteiger partial charge >= 0.3 is 0 Å². The molecule has 6 nitrogen and oxygen atoms in total. The molecule has 2 fully saturated rings. The number of hydrogen-bond donors (Lipinski definition) is 0. The van der Waals surface area contributed by atoms with Crippen LogP contribution in [0.25, 0.3) is 11.3 Å². The molecule has 3 aliphatic rings. The zero-order valence-corrected chi connectivity index (χ0v) is 17.0. The molecule has 152 valence electrons. The number of hydrogen-bond acceptors (Lipinski definition) is 5. The molecule has 2 aromatic rings. The highest BCUT2D eigenvalue weighted by molar-refractivity contribution is 6.33. The van der Waals surface area contributed by atoms with Gasteiger partial charge in [-0.15, -0.1) is 17.5 Å². The monoisotopic (exact) mass is 428 g/mol. The second-order valence-corrected chi connectivity index (χ2v) is 8.05. The van der Waals surface area contributed by atoms with Crippen molar-refractivity contribution in [2.45, 2.75) is 31.6 Å². The highest BCUT2D eigenvalue weighted by atomic mass is 35.5. The van der Waals surface area contributed by atoms with Gasteiger partial charge in [-0.25, -0.2) is 9.07 Å². The smallest absolute Gasteiger partial charge is 0.124 e. The fourth-order valence-corrected chi connectivity index (χ4v) is 4.72. The first kappa shape index (κ1) is 20.0. The van der Waals surface area contributed by atoms with Crippen LogP contribution in [0.3, 0.4) is 0 Å². The van der Waals surface area contributed by atoms with Gasteiger partial charge in [0.2, 0.25) is 0 Å². The van der Waals surface area contributed by atoms with E-state index in [0.717, 1.165) is 51.4 Å². The molecule has 1 aromatic carbocycles. The van der Waals surface area contributed by atoms with Gasteiger partial charge in [-0.2, -0.15) is 0 Å². The summed E-state index contributed by atoms with van der Waals surface area (Å²) >= 11 is 6.23. The fraction of sp³-hybridized carbons (Fsp3) is 0.579. The molecule has 1 aromatic heterocycles. The Morgan fingerprint density at radius 3 is 2.82 bits per heavy atom. The maximum absolute atomic E-state index is 13.4. The van der Waals surface area contributed by atoms with Gasteiger partial charge < -0.3 is 9.47 Å². The zero-order valence-electron chi connectivity index (χ0n) is 15.4. The predicted molar refractivity (Wildman–Crippen MR) is 105 cm³/mol. The van der Waals surface area contributed by atoms with E-state index in [2.05, 4.69) is 15.2 Å². The van der Waals surface area contributed by atoms with Crippen molar-refractivity contribution in [3.8, 4) is 11.3 Å². The minimum Gasteiger partial charge on any atom is -0.381 e. The zero-order chi connectivity index (χ0) is 18.4. The third-order valence-electron chi connectivity index (χ3n) is 5.90. The van der Waals surface area contributed by atoms with Gasteiger partial charge in [0, 0.05) is 38.4 Å². The van der Waals surface area contributed by atoms with Crippen LogP contribution in [0.1, 0.15) is 24.6 Å². The molecule has 3 aliphatic heterocycles. The van der Waals surface area contributed by atoms with Crippen LogP contribution in [0.4, 0.5) is 4.39 Å². The van der Waals surface area contributed by atoms with Crippen LogP contribution < -0.4 is 0 Å². The molecule has 4 heterocycles. The normalized spacial score (nSPS) is 25.2. The molecule has 9 heteroatoms. The number of fused-ring (bicyclic) bond motifs is 3. The molecule has 0 radical (unpaired) electrons. The van der Waals surface area contributed by atoms with E-state index >= 15 is 0 Å². The van der Waals surface area contributed by atoms with Crippen molar-refractivity contribution in [1.82, 2.24) is 19.9 Å². The summed E-state index contributed by atoms with van der Waals surface area (Å²) in [6, 6.07) is 4.51. The lowest BCUT2D eigenvalue weighted by molar-refractivity contribution is -0.00571. The van der Waals surface area contributed by atoms with Crippen molar-refractivity contribution >= 4 is 24.0 Å².